The van der Waals surface area contributed by atoms with Crippen molar-refractivity contribution in [1.29, 1.82) is 0 Å². The number of ether oxygens (including phenoxy) is 1. The lowest BCUT2D eigenvalue weighted by molar-refractivity contribution is -0.127. The maximum absolute atomic E-state index is 11.6. The number of aromatic nitrogens is 1. The lowest BCUT2D eigenvalue weighted by Gasteiger charge is -2.18. The fourth-order valence-corrected chi connectivity index (χ4v) is 2.09. The number of rotatable bonds is 4. The van der Waals surface area contributed by atoms with Gasteiger partial charge in [-0.2, -0.15) is 0 Å². The largest absolute Gasteiger partial charge is 0.368 e. The molecule has 0 N–H and O–H groups in total. The average molecular weight is 241 g/mol. The molecule has 0 amide bonds. The number of carbonyl (C=O) groups is 1. The fourth-order valence-electron chi connectivity index (χ4n) is 1.13. The smallest absolute Gasteiger partial charge is 0.165 e. The SMILES string of the molecule is Cc1nc(CC(=O)COC(C)(C)C)sc1C. The van der Waals surface area contributed by atoms with E-state index in [2.05, 4.69) is 4.98 Å². The molecule has 1 aromatic rings. The average Bonchev–Trinajstić information content (AvgIpc) is 2.41. The molecule has 3 nitrogen and oxygen atoms in total. The molecule has 0 saturated heterocycles. The van der Waals surface area contributed by atoms with E-state index in [1.807, 2.05) is 34.6 Å². The van der Waals surface area contributed by atoms with Gasteiger partial charge in [-0.1, -0.05) is 0 Å². The van der Waals surface area contributed by atoms with Crippen LogP contribution in [0.15, 0.2) is 0 Å². The lowest BCUT2D eigenvalue weighted by atomic mass is 10.2. The van der Waals surface area contributed by atoms with Gasteiger partial charge in [0.1, 0.15) is 11.6 Å². The summed E-state index contributed by atoms with van der Waals surface area (Å²) in [5, 5.41) is 0.887. The van der Waals surface area contributed by atoms with E-state index in [9.17, 15) is 4.79 Å². The van der Waals surface area contributed by atoms with Crippen molar-refractivity contribution in [3.05, 3.63) is 15.6 Å². The third-order valence-electron chi connectivity index (χ3n) is 2.09. The molecule has 0 radical (unpaired) electrons. The number of aryl methyl sites for hydroxylation is 2. The Labute approximate surface area is 101 Å². The van der Waals surface area contributed by atoms with E-state index in [1.165, 1.54) is 4.88 Å². The van der Waals surface area contributed by atoms with Crippen LogP contribution in [0, 0.1) is 13.8 Å². The van der Waals surface area contributed by atoms with Gasteiger partial charge < -0.3 is 4.74 Å². The molecule has 90 valence electrons. The first-order valence-corrected chi connectivity index (χ1v) is 6.18. The Morgan fingerprint density at radius 3 is 2.44 bits per heavy atom. The molecule has 1 heterocycles. The molecular formula is C12H19NO2S. The van der Waals surface area contributed by atoms with Gasteiger partial charge in [0.05, 0.1) is 17.7 Å². The fraction of sp³-hybridized carbons (Fsp3) is 0.667. The van der Waals surface area contributed by atoms with Gasteiger partial charge >= 0.3 is 0 Å². The molecule has 16 heavy (non-hydrogen) atoms. The number of ketones is 1. The van der Waals surface area contributed by atoms with E-state index in [1.54, 1.807) is 11.3 Å². The van der Waals surface area contributed by atoms with Crippen molar-refractivity contribution in [2.45, 2.75) is 46.6 Å². The molecule has 4 heteroatoms. The van der Waals surface area contributed by atoms with E-state index in [4.69, 9.17) is 4.74 Å². The molecule has 0 aliphatic carbocycles. The Morgan fingerprint density at radius 1 is 1.38 bits per heavy atom. The van der Waals surface area contributed by atoms with Crippen LogP contribution in [0.2, 0.25) is 0 Å². The van der Waals surface area contributed by atoms with Crippen molar-refractivity contribution in [1.82, 2.24) is 4.98 Å². The second-order valence-electron chi connectivity index (χ2n) is 4.87. The monoisotopic (exact) mass is 241 g/mol. The van der Waals surface area contributed by atoms with Crippen molar-refractivity contribution >= 4 is 17.1 Å². The molecule has 0 unspecified atom stereocenters. The van der Waals surface area contributed by atoms with Crippen molar-refractivity contribution in [2.24, 2.45) is 0 Å². The zero-order valence-corrected chi connectivity index (χ0v) is 11.4. The van der Waals surface area contributed by atoms with Crippen LogP contribution in [0.3, 0.4) is 0 Å². The molecule has 0 aliphatic rings. The highest BCUT2D eigenvalue weighted by molar-refractivity contribution is 7.11. The van der Waals surface area contributed by atoms with E-state index < -0.39 is 0 Å². The van der Waals surface area contributed by atoms with Gasteiger partial charge in [0.15, 0.2) is 5.78 Å². The Hall–Kier alpha value is -0.740. The Balaban J connectivity index is 2.46. The number of Topliss-reactive ketones (excluding diaryl/α,β-unsaturated/α-hetero) is 1. The minimum absolute atomic E-state index is 0.0867. The van der Waals surface area contributed by atoms with E-state index >= 15 is 0 Å². The van der Waals surface area contributed by atoms with Gasteiger partial charge in [-0.3, -0.25) is 4.79 Å². The lowest BCUT2D eigenvalue weighted by Crippen LogP contribution is -2.24. The van der Waals surface area contributed by atoms with Crippen LogP contribution < -0.4 is 0 Å². The van der Waals surface area contributed by atoms with Crippen LogP contribution in [-0.4, -0.2) is 23.0 Å². The molecule has 0 atom stereocenters. The molecule has 0 fully saturated rings. The maximum Gasteiger partial charge on any atom is 0.165 e. The molecule has 1 aromatic heterocycles. The Morgan fingerprint density at radius 2 is 2.00 bits per heavy atom. The van der Waals surface area contributed by atoms with Gasteiger partial charge in [-0.05, 0) is 34.6 Å². The van der Waals surface area contributed by atoms with Crippen LogP contribution in [-0.2, 0) is 16.0 Å². The van der Waals surface area contributed by atoms with Crippen LogP contribution in [0.25, 0.3) is 0 Å². The van der Waals surface area contributed by atoms with Crippen molar-refractivity contribution in [3.8, 4) is 0 Å². The maximum atomic E-state index is 11.6. The van der Waals surface area contributed by atoms with Crippen LogP contribution >= 0.6 is 11.3 Å². The number of nitrogens with zero attached hydrogens (tertiary/aromatic N) is 1. The van der Waals surface area contributed by atoms with Crippen LogP contribution in [0.5, 0.6) is 0 Å². The third kappa shape index (κ3) is 4.41. The number of hydrogen-bond donors (Lipinski definition) is 0. The quantitative estimate of drug-likeness (QED) is 0.813. The first-order valence-electron chi connectivity index (χ1n) is 5.36. The molecule has 1 rings (SSSR count). The number of hydrogen-bond acceptors (Lipinski definition) is 4. The zero-order chi connectivity index (χ0) is 12.3. The topological polar surface area (TPSA) is 39.2 Å². The van der Waals surface area contributed by atoms with Gasteiger partial charge in [0.25, 0.3) is 0 Å². The van der Waals surface area contributed by atoms with E-state index in [0.717, 1.165) is 10.7 Å². The Kier molecular flexibility index (Phi) is 4.21. The predicted octanol–water partition coefficient (Wildman–Crippen LogP) is 2.69. The van der Waals surface area contributed by atoms with Crippen LogP contribution in [0.4, 0.5) is 0 Å². The summed E-state index contributed by atoms with van der Waals surface area (Å²) in [6.07, 6.45) is 0.384. The second kappa shape index (κ2) is 5.06. The highest BCUT2D eigenvalue weighted by atomic mass is 32.1. The van der Waals surface area contributed by atoms with Gasteiger partial charge in [-0.25, -0.2) is 4.98 Å². The summed E-state index contributed by atoms with van der Waals surface area (Å²) >= 11 is 1.59. The molecule has 0 spiro atoms. The molecule has 0 aromatic carbocycles. The molecule has 0 aliphatic heterocycles. The van der Waals surface area contributed by atoms with Crippen molar-refractivity contribution < 1.29 is 9.53 Å². The van der Waals surface area contributed by atoms with Crippen molar-refractivity contribution in [2.75, 3.05) is 6.61 Å². The Bertz CT molecular complexity index is 357. The summed E-state index contributed by atoms with van der Waals surface area (Å²) in [4.78, 5) is 17.1. The van der Waals surface area contributed by atoms with Gasteiger partial charge in [0.2, 0.25) is 0 Å². The predicted molar refractivity (Wildman–Crippen MR) is 66.0 cm³/mol. The van der Waals surface area contributed by atoms with Crippen molar-refractivity contribution in [3.63, 3.8) is 0 Å². The second-order valence-corrected chi connectivity index (χ2v) is 6.15. The number of thiazole rings is 1. The minimum Gasteiger partial charge on any atom is -0.368 e. The first kappa shape index (κ1) is 13.3. The summed E-state index contributed by atoms with van der Waals surface area (Å²) in [5.41, 5.74) is 0.759. The molecule has 0 bridgehead atoms. The van der Waals surface area contributed by atoms with Gasteiger partial charge in [0, 0.05) is 4.88 Å². The number of carbonyl (C=O) groups excluding carboxylic acids is 1. The summed E-state index contributed by atoms with van der Waals surface area (Å²) in [6.45, 7) is 9.98. The first-order chi connectivity index (χ1) is 7.28. The standard InChI is InChI=1S/C12H19NO2S/c1-8-9(2)16-11(13-8)6-10(14)7-15-12(3,4)5/h6-7H2,1-5H3. The highest BCUT2D eigenvalue weighted by Crippen LogP contribution is 2.17. The minimum atomic E-state index is -0.260. The summed E-state index contributed by atoms with van der Waals surface area (Å²) in [5.74, 6) is 0.0867. The molecular weight excluding hydrogens is 222 g/mol. The van der Waals surface area contributed by atoms with E-state index in [-0.39, 0.29) is 18.0 Å². The summed E-state index contributed by atoms with van der Waals surface area (Å²) in [6, 6.07) is 0. The summed E-state index contributed by atoms with van der Waals surface area (Å²) in [7, 11) is 0. The third-order valence-corrected chi connectivity index (χ3v) is 3.16. The highest BCUT2D eigenvalue weighted by Gasteiger charge is 2.14. The summed E-state index contributed by atoms with van der Waals surface area (Å²) < 4.78 is 5.43. The van der Waals surface area contributed by atoms with Gasteiger partial charge in [-0.15, -0.1) is 11.3 Å². The van der Waals surface area contributed by atoms with Crippen LogP contribution in [0.1, 0.15) is 36.3 Å². The zero-order valence-electron chi connectivity index (χ0n) is 10.6. The van der Waals surface area contributed by atoms with E-state index in [0.29, 0.717) is 6.42 Å². The molecule has 0 saturated carbocycles. The normalized spacial score (nSPS) is 11.8.